The van der Waals surface area contributed by atoms with E-state index in [1.807, 2.05) is 45.0 Å². The predicted molar refractivity (Wildman–Crippen MR) is 75.3 cm³/mol. The maximum atomic E-state index is 12.3. The molecular formula is C16H19NO3. The zero-order valence-corrected chi connectivity index (χ0v) is 12.0. The third-order valence-electron chi connectivity index (χ3n) is 3.92. The van der Waals surface area contributed by atoms with Crippen LogP contribution in [0.5, 0.6) is 5.75 Å². The average molecular weight is 273 g/mol. The van der Waals surface area contributed by atoms with Crippen LogP contribution < -0.4 is 10.1 Å². The van der Waals surface area contributed by atoms with E-state index in [-0.39, 0.29) is 11.9 Å². The Bertz CT molecular complexity index is 593. The molecule has 2 aliphatic heterocycles. The Labute approximate surface area is 118 Å². The lowest BCUT2D eigenvalue weighted by molar-refractivity contribution is -0.139. The van der Waals surface area contributed by atoms with Crippen molar-refractivity contribution in [2.24, 2.45) is 0 Å². The van der Waals surface area contributed by atoms with Crippen molar-refractivity contribution in [3.63, 3.8) is 0 Å². The molecule has 4 heteroatoms. The molecule has 0 aromatic heterocycles. The highest BCUT2D eigenvalue weighted by Crippen LogP contribution is 2.47. The lowest BCUT2D eigenvalue weighted by Gasteiger charge is -2.45. The average Bonchev–Trinajstić information content (AvgIpc) is 2.37. The number of hydrogen-bond donors (Lipinski definition) is 1. The third-order valence-corrected chi connectivity index (χ3v) is 3.92. The summed E-state index contributed by atoms with van der Waals surface area (Å²) in [4.78, 5) is 12.3. The molecule has 2 unspecified atom stereocenters. The van der Waals surface area contributed by atoms with E-state index >= 15 is 0 Å². The number of ether oxygens (including phenoxy) is 2. The van der Waals surface area contributed by atoms with Crippen molar-refractivity contribution in [2.45, 2.75) is 38.8 Å². The lowest BCUT2D eigenvalue weighted by Crippen LogP contribution is -2.54. The Balaban J connectivity index is 2.10. The second-order valence-electron chi connectivity index (χ2n) is 5.51. The highest BCUT2D eigenvalue weighted by atomic mass is 16.5. The van der Waals surface area contributed by atoms with Crippen molar-refractivity contribution in [3.8, 4) is 5.75 Å². The predicted octanol–water partition coefficient (Wildman–Crippen LogP) is 2.71. The summed E-state index contributed by atoms with van der Waals surface area (Å²) in [5.74, 6) is 0.638. The zero-order valence-electron chi connectivity index (χ0n) is 12.0. The molecule has 20 heavy (non-hydrogen) atoms. The molecule has 1 aromatic rings. The number of para-hydroxylation sites is 1. The minimum Gasteiger partial charge on any atom is -0.468 e. The number of benzene rings is 1. The first-order chi connectivity index (χ1) is 9.54. The van der Waals surface area contributed by atoms with Gasteiger partial charge in [0.25, 0.3) is 0 Å². The molecule has 1 aromatic carbocycles. The van der Waals surface area contributed by atoms with Gasteiger partial charge in [-0.05, 0) is 26.8 Å². The summed E-state index contributed by atoms with van der Waals surface area (Å²) in [5, 5.41) is 3.31. The lowest BCUT2D eigenvalue weighted by atomic mass is 9.78. The van der Waals surface area contributed by atoms with E-state index in [9.17, 15) is 4.79 Å². The molecule has 2 heterocycles. The number of hydrogen-bond acceptors (Lipinski definition) is 4. The molecule has 0 amide bonds. The first-order valence-corrected chi connectivity index (χ1v) is 6.98. The Hall–Kier alpha value is -1.97. The molecule has 0 fully saturated rings. The fourth-order valence-electron chi connectivity index (χ4n) is 3.21. The zero-order chi connectivity index (χ0) is 14.3. The van der Waals surface area contributed by atoms with Gasteiger partial charge in [-0.1, -0.05) is 18.2 Å². The molecule has 0 aliphatic carbocycles. The normalized spacial score (nSPS) is 27.2. The van der Waals surface area contributed by atoms with E-state index in [0.717, 1.165) is 29.0 Å². The van der Waals surface area contributed by atoms with Crippen molar-refractivity contribution < 1.29 is 14.3 Å². The van der Waals surface area contributed by atoms with Crippen LogP contribution in [0.3, 0.4) is 0 Å². The van der Waals surface area contributed by atoms with Crippen molar-refractivity contribution in [3.05, 3.63) is 41.1 Å². The maximum Gasteiger partial charge on any atom is 0.336 e. The standard InChI is InChI=1S/C16H19NO3/c1-4-19-15(18)14-10(2)17-16(3)9-12(14)11-7-5-6-8-13(11)20-16/h5-8,12,17H,4,9H2,1-3H3. The number of carbonyl (C=O) groups excluding carboxylic acids is 1. The molecule has 1 N–H and O–H groups in total. The summed E-state index contributed by atoms with van der Waals surface area (Å²) < 4.78 is 11.3. The Morgan fingerprint density at radius 1 is 1.50 bits per heavy atom. The molecule has 3 rings (SSSR count). The molecule has 0 spiro atoms. The first-order valence-electron chi connectivity index (χ1n) is 6.98. The van der Waals surface area contributed by atoms with Gasteiger partial charge in [0.2, 0.25) is 0 Å². The van der Waals surface area contributed by atoms with Gasteiger partial charge in [-0.2, -0.15) is 0 Å². The molecule has 0 radical (unpaired) electrons. The fourth-order valence-corrected chi connectivity index (χ4v) is 3.21. The summed E-state index contributed by atoms with van der Waals surface area (Å²) in [6.45, 7) is 6.14. The van der Waals surface area contributed by atoms with Gasteiger partial charge in [0.15, 0.2) is 5.72 Å². The summed E-state index contributed by atoms with van der Waals surface area (Å²) in [7, 11) is 0. The number of esters is 1. The largest absolute Gasteiger partial charge is 0.468 e. The van der Waals surface area contributed by atoms with E-state index in [0.29, 0.717) is 6.61 Å². The number of carbonyl (C=O) groups is 1. The van der Waals surface area contributed by atoms with Crippen LogP contribution in [0.15, 0.2) is 35.5 Å². The van der Waals surface area contributed by atoms with Gasteiger partial charge < -0.3 is 14.8 Å². The van der Waals surface area contributed by atoms with Crippen LogP contribution in [0, 0.1) is 0 Å². The van der Waals surface area contributed by atoms with Crippen LogP contribution in [0.25, 0.3) is 0 Å². The van der Waals surface area contributed by atoms with E-state index < -0.39 is 5.72 Å². The van der Waals surface area contributed by atoms with Gasteiger partial charge >= 0.3 is 5.97 Å². The summed E-state index contributed by atoms with van der Waals surface area (Å²) in [5.41, 5.74) is 2.17. The van der Waals surface area contributed by atoms with Crippen LogP contribution >= 0.6 is 0 Å². The van der Waals surface area contributed by atoms with Gasteiger partial charge in [-0.25, -0.2) is 4.79 Å². The smallest absolute Gasteiger partial charge is 0.336 e. The molecule has 0 saturated heterocycles. The topological polar surface area (TPSA) is 47.6 Å². The van der Waals surface area contributed by atoms with Crippen LogP contribution in [-0.4, -0.2) is 18.3 Å². The second-order valence-corrected chi connectivity index (χ2v) is 5.51. The summed E-state index contributed by atoms with van der Waals surface area (Å²) in [6, 6.07) is 7.90. The first kappa shape index (κ1) is 13.0. The number of fused-ring (bicyclic) bond motifs is 4. The molecule has 2 aliphatic rings. The van der Waals surface area contributed by atoms with Gasteiger partial charge in [0.05, 0.1) is 12.2 Å². The monoisotopic (exact) mass is 273 g/mol. The fraction of sp³-hybridized carbons (Fsp3) is 0.438. The summed E-state index contributed by atoms with van der Waals surface area (Å²) >= 11 is 0. The molecule has 2 atom stereocenters. The number of rotatable bonds is 2. The Morgan fingerprint density at radius 2 is 2.25 bits per heavy atom. The highest BCUT2D eigenvalue weighted by Gasteiger charge is 2.45. The summed E-state index contributed by atoms with van der Waals surface area (Å²) in [6.07, 6.45) is 0.732. The van der Waals surface area contributed by atoms with E-state index in [1.54, 1.807) is 0 Å². The number of allylic oxidation sites excluding steroid dienone is 1. The molecule has 2 bridgehead atoms. The second kappa shape index (κ2) is 4.54. The molecule has 106 valence electrons. The van der Waals surface area contributed by atoms with Gasteiger partial charge in [0, 0.05) is 23.6 Å². The van der Waals surface area contributed by atoms with Crippen LogP contribution in [0.2, 0.25) is 0 Å². The SMILES string of the molecule is CCOC(=O)C1=C(C)NC2(C)CC1c1ccccc1O2. The molecule has 0 saturated carbocycles. The minimum absolute atomic E-state index is 0.0326. The van der Waals surface area contributed by atoms with E-state index in [2.05, 4.69) is 5.32 Å². The number of nitrogens with one attached hydrogen (secondary N) is 1. The van der Waals surface area contributed by atoms with Crippen molar-refractivity contribution >= 4 is 5.97 Å². The van der Waals surface area contributed by atoms with Gasteiger partial charge in [0.1, 0.15) is 5.75 Å². The maximum absolute atomic E-state index is 12.3. The van der Waals surface area contributed by atoms with Crippen molar-refractivity contribution in [2.75, 3.05) is 6.61 Å². The Morgan fingerprint density at radius 3 is 3.00 bits per heavy atom. The third kappa shape index (κ3) is 1.96. The van der Waals surface area contributed by atoms with Crippen LogP contribution in [-0.2, 0) is 9.53 Å². The highest BCUT2D eigenvalue weighted by molar-refractivity contribution is 5.91. The van der Waals surface area contributed by atoms with Gasteiger partial charge in [-0.3, -0.25) is 0 Å². The molecular weight excluding hydrogens is 254 g/mol. The van der Waals surface area contributed by atoms with Crippen molar-refractivity contribution in [1.82, 2.24) is 5.32 Å². The van der Waals surface area contributed by atoms with Crippen LogP contribution in [0.4, 0.5) is 0 Å². The quantitative estimate of drug-likeness (QED) is 0.842. The van der Waals surface area contributed by atoms with E-state index in [4.69, 9.17) is 9.47 Å². The molecule has 4 nitrogen and oxygen atoms in total. The van der Waals surface area contributed by atoms with E-state index in [1.165, 1.54) is 0 Å². The minimum atomic E-state index is -0.459. The van der Waals surface area contributed by atoms with Crippen molar-refractivity contribution in [1.29, 1.82) is 0 Å². The Kier molecular flexibility index (Phi) is 2.96. The van der Waals surface area contributed by atoms with Crippen LogP contribution in [0.1, 0.15) is 38.7 Å². The van der Waals surface area contributed by atoms with Gasteiger partial charge in [-0.15, -0.1) is 0 Å².